The van der Waals surface area contributed by atoms with E-state index < -0.39 is 5.97 Å². The molecule has 0 aliphatic carbocycles. The highest BCUT2D eigenvalue weighted by Gasteiger charge is 1.90. The van der Waals surface area contributed by atoms with Crippen molar-refractivity contribution >= 4 is 24.3 Å². The number of anilines is 1. The zero-order chi connectivity index (χ0) is 11.8. The van der Waals surface area contributed by atoms with Crippen LogP contribution in [0.1, 0.15) is 25.3 Å². The van der Waals surface area contributed by atoms with E-state index in [1.807, 2.05) is 32.0 Å². The first-order valence-electron chi connectivity index (χ1n) is 4.74. The van der Waals surface area contributed by atoms with Crippen LogP contribution in [0.4, 0.5) is 5.69 Å². The first-order valence-corrected chi connectivity index (χ1v) is 5.19. The van der Waals surface area contributed by atoms with Gasteiger partial charge in [-0.25, -0.2) is 0 Å². The minimum Gasteiger partial charge on any atom is -0.481 e. The number of thiol groups is 1. The molecule has 0 spiro atoms. The van der Waals surface area contributed by atoms with Gasteiger partial charge in [0, 0.05) is 17.0 Å². The number of hydrogen-bond donors (Lipinski definition) is 3. The van der Waals surface area contributed by atoms with Crippen molar-refractivity contribution in [2.75, 3.05) is 5.73 Å². The molecule has 0 heterocycles. The van der Waals surface area contributed by atoms with Crippen molar-refractivity contribution in [2.24, 2.45) is 0 Å². The van der Waals surface area contributed by atoms with Gasteiger partial charge in [0.15, 0.2) is 0 Å². The van der Waals surface area contributed by atoms with Crippen molar-refractivity contribution in [1.29, 1.82) is 0 Å². The van der Waals surface area contributed by atoms with Crippen LogP contribution in [0.25, 0.3) is 0 Å². The molecule has 1 aromatic rings. The molecule has 0 saturated carbocycles. The third-order valence-corrected chi connectivity index (χ3v) is 2.00. The fourth-order valence-electron chi connectivity index (χ4n) is 0.842. The summed E-state index contributed by atoms with van der Waals surface area (Å²) in [6, 6.07) is 5.73. The van der Waals surface area contributed by atoms with Gasteiger partial charge in [0.2, 0.25) is 0 Å². The largest absolute Gasteiger partial charge is 0.481 e. The van der Waals surface area contributed by atoms with Gasteiger partial charge in [-0.1, -0.05) is 13.0 Å². The lowest BCUT2D eigenvalue weighted by atomic mass is 10.2. The van der Waals surface area contributed by atoms with Crippen LogP contribution in [-0.4, -0.2) is 11.1 Å². The first-order chi connectivity index (χ1) is 6.97. The Morgan fingerprint density at radius 3 is 2.40 bits per heavy atom. The number of carbonyl (C=O) groups is 1. The molecule has 4 heteroatoms. The lowest BCUT2D eigenvalue weighted by molar-refractivity contribution is -0.137. The summed E-state index contributed by atoms with van der Waals surface area (Å²) in [7, 11) is 0. The summed E-state index contributed by atoms with van der Waals surface area (Å²) < 4.78 is 0. The number of aliphatic carboxylic acids is 1. The summed E-state index contributed by atoms with van der Waals surface area (Å²) in [4.78, 5) is 10.5. The summed E-state index contributed by atoms with van der Waals surface area (Å²) >= 11 is 4.12. The lowest BCUT2D eigenvalue weighted by Crippen LogP contribution is -1.90. The second-order valence-electron chi connectivity index (χ2n) is 3.18. The van der Waals surface area contributed by atoms with Crippen molar-refractivity contribution < 1.29 is 9.90 Å². The Bertz CT molecular complexity index is 326. The average Bonchev–Trinajstić information content (AvgIpc) is 2.13. The minimum atomic E-state index is -0.711. The van der Waals surface area contributed by atoms with E-state index in [-0.39, 0.29) is 0 Å². The Balaban J connectivity index is 0.000000288. The van der Waals surface area contributed by atoms with Gasteiger partial charge in [0.25, 0.3) is 0 Å². The molecule has 3 N–H and O–H groups in total. The highest BCUT2D eigenvalue weighted by atomic mass is 32.1. The van der Waals surface area contributed by atoms with E-state index in [9.17, 15) is 4.79 Å². The third-order valence-electron chi connectivity index (χ3n) is 1.73. The molecule has 0 aromatic heterocycles. The molecule has 15 heavy (non-hydrogen) atoms. The maximum Gasteiger partial charge on any atom is 0.303 e. The number of benzene rings is 1. The molecule has 0 aliphatic heterocycles. The number of nitrogen functional groups attached to an aromatic ring is 1. The van der Waals surface area contributed by atoms with E-state index in [2.05, 4.69) is 12.6 Å². The molecule has 0 bridgehead atoms. The van der Waals surface area contributed by atoms with Gasteiger partial charge in [-0.2, -0.15) is 0 Å². The normalized spacial score (nSPS) is 9.00. The maximum absolute atomic E-state index is 9.60. The van der Waals surface area contributed by atoms with Gasteiger partial charge < -0.3 is 10.8 Å². The van der Waals surface area contributed by atoms with Gasteiger partial charge in [0.05, 0.1) is 0 Å². The van der Waals surface area contributed by atoms with Gasteiger partial charge in [-0.05, 0) is 31.0 Å². The molecule has 0 fully saturated rings. The number of hydrogen-bond acceptors (Lipinski definition) is 3. The van der Waals surface area contributed by atoms with Crippen LogP contribution in [0.2, 0.25) is 0 Å². The van der Waals surface area contributed by atoms with E-state index in [1.54, 1.807) is 0 Å². The molecule has 84 valence electrons. The number of carboxylic acids is 1. The lowest BCUT2D eigenvalue weighted by Gasteiger charge is -1.97. The van der Waals surface area contributed by atoms with Gasteiger partial charge >= 0.3 is 5.97 Å². The topological polar surface area (TPSA) is 63.3 Å². The van der Waals surface area contributed by atoms with E-state index in [4.69, 9.17) is 10.8 Å². The van der Waals surface area contributed by atoms with Crippen LogP contribution in [0.5, 0.6) is 0 Å². The minimum absolute atomic E-state index is 0.292. The highest BCUT2D eigenvalue weighted by Crippen LogP contribution is 2.14. The Kier molecular flexibility index (Phi) is 6.62. The SMILES string of the molecule is CCCC(=O)O.Cc1ccc(S)cc1N. The summed E-state index contributed by atoms with van der Waals surface area (Å²) in [6.07, 6.45) is 1.02. The molecular formula is C11H17NO2S. The zero-order valence-electron chi connectivity index (χ0n) is 9.03. The fourth-order valence-corrected chi connectivity index (χ4v) is 1.06. The maximum atomic E-state index is 9.60. The van der Waals surface area contributed by atoms with Crippen molar-refractivity contribution in [3.8, 4) is 0 Å². The van der Waals surface area contributed by atoms with Crippen LogP contribution < -0.4 is 5.73 Å². The highest BCUT2D eigenvalue weighted by molar-refractivity contribution is 7.80. The summed E-state index contributed by atoms with van der Waals surface area (Å²) in [5.41, 5.74) is 7.48. The third kappa shape index (κ3) is 6.85. The van der Waals surface area contributed by atoms with Gasteiger partial charge in [0.1, 0.15) is 0 Å². The van der Waals surface area contributed by atoms with Gasteiger partial charge in [-0.15, -0.1) is 12.6 Å². The number of rotatable bonds is 2. The number of nitrogens with two attached hydrogens (primary N) is 1. The standard InChI is InChI=1S/C7H9NS.C4H8O2/c1-5-2-3-6(9)4-7(5)8;1-2-3-4(5)6/h2-4,9H,8H2,1H3;2-3H2,1H3,(H,5,6). The smallest absolute Gasteiger partial charge is 0.303 e. The van der Waals surface area contributed by atoms with E-state index in [0.29, 0.717) is 6.42 Å². The van der Waals surface area contributed by atoms with Crippen molar-refractivity contribution in [3.63, 3.8) is 0 Å². The zero-order valence-corrected chi connectivity index (χ0v) is 9.92. The quantitative estimate of drug-likeness (QED) is 0.537. The average molecular weight is 227 g/mol. The summed E-state index contributed by atoms with van der Waals surface area (Å²) in [5.74, 6) is -0.711. The van der Waals surface area contributed by atoms with Crippen LogP contribution in [0.15, 0.2) is 23.1 Å². The Hall–Kier alpha value is -1.16. The van der Waals surface area contributed by atoms with E-state index >= 15 is 0 Å². The summed E-state index contributed by atoms with van der Waals surface area (Å²) in [5, 5.41) is 7.91. The molecule has 3 nitrogen and oxygen atoms in total. The number of carboxylic acid groups (broad SMARTS) is 1. The van der Waals surface area contributed by atoms with E-state index in [0.717, 1.165) is 22.6 Å². The number of aryl methyl sites for hydroxylation is 1. The van der Waals surface area contributed by atoms with Crippen molar-refractivity contribution in [1.82, 2.24) is 0 Å². The Morgan fingerprint density at radius 1 is 1.53 bits per heavy atom. The second kappa shape index (κ2) is 7.17. The molecule has 1 aromatic carbocycles. The predicted molar refractivity (Wildman–Crippen MR) is 65.4 cm³/mol. The molecule has 1 rings (SSSR count). The molecule has 0 radical (unpaired) electrons. The van der Waals surface area contributed by atoms with Crippen molar-refractivity contribution in [2.45, 2.75) is 31.6 Å². The molecule has 0 unspecified atom stereocenters. The predicted octanol–water partition coefficient (Wildman–Crippen LogP) is 2.74. The van der Waals surface area contributed by atoms with Gasteiger partial charge in [-0.3, -0.25) is 4.79 Å². The van der Waals surface area contributed by atoms with Crippen LogP contribution in [-0.2, 0) is 4.79 Å². The van der Waals surface area contributed by atoms with Crippen molar-refractivity contribution in [3.05, 3.63) is 23.8 Å². The molecular weight excluding hydrogens is 210 g/mol. The van der Waals surface area contributed by atoms with E-state index in [1.165, 1.54) is 0 Å². The first kappa shape index (κ1) is 13.8. The second-order valence-corrected chi connectivity index (χ2v) is 3.70. The van der Waals surface area contributed by atoms with Crippen LogP contribution in [0, 0.1) is 6.92 Å². The fraction of sp³-hybridized carbons (Fsp3) is 0.364. The van der Waals surface area contributed by atoms with Crippen LogP contribution in [0.3, 0.4) is 0 Å². The molecule has 0 amide bonds. The monoisotopic (exact) mass is 227 g/mol. The Labute approximate surface area is 95.7 Å². The Morgan fingerprint density at radius 2 is 2.13 bits per heavy atom. The summed E-state index contributed by atoms with van der Waals surface area (Å²) in [6.45, 7) is 3.82. The molecule has 0 atom stereocenters. The van der Waals surface area contributed by atoms with Crippen LogP contribution >= 0.6 is 12.6 Å². The molecule has 0 saturated heterocycles. The molecule has 0 aliphatic rings.